The Hall–Kier alpha value is -2.13. The van der Waals surface area contributed by atoms with Gasteiger partial charge < -0.3 is 9.64 Å². The lowest BCUT2D eigenvalue weighted by molar-refractivity contribution is 0.0674. The second-order valence-corrected chi connectivity index (χ2v) is 5.63. The molecule has 1 fully saturated rings. The third-order valence-electron chi connectivity index (χ3n) is 3.87. The molecule has 1 aliphatic rings. The van der Waals surface area contributed by atoms with Gasteiger partial charge in [0.05, 0.1) is 18.9 Å². The monoisotopic (exact) mass is 294 g/mol. The van der Waals surface area contributed by atoms with Crippen molar-refractivity contribution in [2.75, 3.05) is 26.3 Å². The van der Waals surface area contributed by atoms with Gasteiger partial charge in [0.25, 0.3) is 0 Å². The summed E-state index contributed by atoms with van der Waals surface area (Å²) in [6, 6.07) is 18.9. The summed E-state index contributed by atoms with van der Waals surface area (Å²) >= 11 is 0. The van der Waals surface area contributed by atoms with Crippen LogP contribution in [0.3, 0.4) is 0 Å². The Morgan fingerprint density at radius 3 is 2.36 bits per heavy atom. The Bertz CT molecular complexity index is 614. The molecule has 2 aromatic carbocycles. The number of hydrogen-bond donors (Lipinski definition) is 0. The average molecular weight is 294 g/mol. The van der Waals surface area contributed by atoms with Crippen LogP contribution in [0, 0.1) is 6.92 Å². The first-order valence-electron chi connectivity index (χ1n) is 7.82. The van der Waals surface area contributed by atoms with Crippen molar-refractivity contribution >= 4 is 11.5 Å². The fraction of sp³-hybridized carbons (Fsp3) is 0.316. The van der Waals surface area contributed by atoms with E-state index in [0.717, 1.165) is 44.2 Å². The fourth-order valence-electron chi connectivity index (χ4n) is 2.59. The third-order valence-corrected chi connectivity index (χ3v) is 3.87. The van der Waals surface area contributed by atoms with Crippen molar-refractivity contribution in [3.05, 3.63) is 65.7 Å². The number of amidine groups is 1. The van der Waals surface area contributed by atoms with Crippen molar-refractivity contribution in [1.82, 2.24) is 4.90 Å². The number of morpholine rings is 1. The van der Waals surface area contributed by atoms with Gasteiger partial charge in [0.1, 0.15) is 5.84 Å². The van der Waals surface area contributed by atoms with E-state index in [1.54, 1.807) is 0 Å². The molecule has 1 aliphatic heterocycles. The van der Waals surface area contributed by atoms with Gasteiger partial charge in [-0.15, -0.1) is 0 Å². The highest BCUT2D eigenvalue weighted by Crippen LogP contribution is 2.16. The third kappa shape index (κ3) is 3.95. The number of aliphatic imine (C=N–C) groups is 1. The summed E-state index contributed by atoms with van der Waals surface area (Å²) in [6.45, 7) is 5.48. The van der Waals surface area contributed by atoms with E-state index in [4.69, 9.17) is 9.73 Å². The topological polar surface area (TPSA) is 24.8 Å². The molecule has 0 bridgehead atoms. The second-order valence-electron chi connectivity index (χ2n) is 5.63. The van der Waals surface area contributed by atoms with Crippen LogP contribution in [0.4, 0.5) is 5.69 Å². The van der Waals surface area contributed by atoms with Crippen LogP contribution < -0.4 is 0 Å². The minimum atomic E-state index is 0.779. The number of rotatable bonds is 3. The van der Waals surface area contributed by atoms with Gasteiger partial charge in [-0.1, -0.05) is 48.0 Å². The molecule has 0 aromatic heterocycles. The Morgan fingerprint density at radius 2 is 1.68 bits per heavy atom. The van der Waals surface area contributed by atoms with Crippen LogP contribution in [-0.2, 0) is 11.2 Å². The average Bonchev–Trinajstić information content (AvgIpc) is 2.58. The zero-order valence-electron chi connectivity index (χ0n) is 13.0. The first-order chi connectivity index (χ1) is 10.8. The highest BCUT2D eigenvalue weighted by atomic mass is 16.5. The highest BCUT2D eigenvalue weighted by Gasteiger charge is 2.15. The van der Waals surface area contributed by atoms with Crippen LogP contribution in [0.5, 0.6) is 0 Å². The Labute approximate surface area is 132 Å². The molecule has 0 amide bonds. The van der Waals surface area contributed by atoms with Gasteiger partial charge in [-0.2, -0.15) is 0 Å². The Balaban J connectivity index is 1.86. The maximum Gasteiger partial charge on any atom is 0.109 e. The quantitative estimate of drug-likeness (QED) is 0.638. The van der Waals surface area contributed by atoms with E-state index < -0.39 is 0 Å². The molecule has 1 heterocycles. The van der Waals surface area contributed by atoms with Crippen molar-refractivity contribution in [2.24, 2.45) is 4.99 Å². The predicted octanol–water partition coefficient (Wildman–Crippen LogP) is 3.60. The molecule has 3 rings (SSSR count). The molecule has 0 aliphatic carbocycles. The van der Waals surface area contributed by atoms with E-state index in [1.165, 1.54) is 11.1 Å². The van der Waals surface area contributed by atoms with Crippen LogP contribution in [0.15, 0.2) is 59.6 Å². The lowest BCUT2D eigenvalue weighted by atomic mass is 10.1. The molecule has 3 heteroatoms. The minimum Gasteiger partial charge on any atom is -0.378 e. The molecular formula is C19H22N2O. The van der Waals surface area contributed by atoms with Crippen LogP contribution in [-0.4, -0.2) is 37.0 Å². The standard InChI is InChI=1S/C19H22N2O/c1-16-7-9-18(10-8-16)20-19(21-11-13-22-14-12-21)15-17-5-3-2-4-6-17/h2-10H,11-15H2,1H3. The molecule has 0 unspecified atom stereocenters. The zero-order chi connectivity index (χ0) is 15.2. The van der Waals surface area contributed by atoms with E-state index in [-0.39, 0.29) is 0 Å². The van der Waals surface area contributed by atoms with Crippen LogP contribution in [0.2, 0.25) is 0 Å². The van der Waals surface area contributed by atoms with Crippen LogP contribution in [0.1, 0.15) is 11.1 Å². The maximum atomic E-state index is 5.47. The summed E-state index contributed by atoms with van der Waals surface area (Å²) < 4.78 is 5.47. The maximum absolute atomic E-state index is 5.47. The zero-order valence-corrected chi connectivity index (χ0v) is 13.0. The van der Waals surface area contributed by atoms with E-state index in [1.807, 2.05) is 0 Å². The molecular weight excluding hydrogens is 272 g/mol. The molecule has 0 spiro atoms. The van der Waals surface area contributed by atoms with E-state index in [9.17, 15) is 0 Å². The number of ether oxygens (including phenoxy) is 1. The summed E-state index contributed by atoms with van der Waals surface area (Å²) in [6.07, 6.45) is 0.856. The van der Waals surface area contributed by atoms with Crippen molar-refractivity contribution < 1.29 is 4.74 Å². The van der Waals surface area contributed by atoms with Crippen molar-refractivity contribution in [3.63, 3.8) is 0 Å². The molecule has 0 N–H and O–H groups in total. The van der Waals surface area contributed by atoms with Crippen LogP contribution in [0.25, 0.3) is 0 Å². The minimum absolute atomic E-state index is 0.779. The van der Waals surface area contributed by atoms with Crippen LogP contribution >= 0.6 is 0 Å². The molecule has 1 saturated heterocycles. The van der Waals surface area contributed by atoms with E-state index >= 15 is 0 Å². The van der Waals surface area contributed by atoms with Gasteiger partial charge in [0.15, 0.2) is 0 Å². The van der Waals surface area contributed by atoms with Gasteiger partial charge in [0.2, 0.25) is 0 Å². The molecule has 114 valence electrons. The number of nitrogens with zero attached hydrogens (tertiary/aromatic N) is 2. The summed E-state index contributed by atoms with van der Waals surface area (Å²) in [5.74, 6) is 1.12. The summed E-state index contributed by atoms with van der Waals surface area (Å²) in [5.41, 5.74) is 3.57. The van der Waals surface area contributed by atoms with E-state index in [0.29, 0.717) is 0 Å². The highest BCUT2D eigenvalue weighted by molar-refractivity contribution is 5.87. The molecule has 0 atom stereocenters. The Morgan fingerprint density at radius 1 is 1.00 bits per heavy atom. The van der Waals surface area contributed by atoms with Gasteiger partial charge in [-0.25, -0.2) is 4.99 Å². The molecule has 3 nitrogen and oxygen atoms in total. The van der Waals surface area contributed by atoms with Gasteiger partial charge >= 0.3 is 0 Å². The largest absolute Gasteiger partial charge is 0.378 e. The lowest BCUT2D eigenvalue weighted by Crippen LogP contribution is -2.41. The summed E-state index contributed by atoms with van der Waals surface area (Å²) in [5, 5.41) is 0. The van der Waals surface area contributed by atoms with Gasteiger partial charge in [0, 0.05) is 19.5 Å². The second kappa shape index (κ2) is 7.23. The van der Waals surface area contributed by atoms with Gasteiger partial charge in [-0.05, 0) is 24.6 Å². The van der Waals surface area contributed by atoms with Crippen molar-refractivity contribution in [3.8, 4) is 0 Å². The van der Waals surface area contributed by atoms with Crippen molar-refractivity contribution in [1.29, 1.82) is 0 Å². The fourth-order valence-corrected chi connectivity index (χ4v) is 2.59. The summed E-state index contributed by atoms with van der Waals surface area (Å²) in [4.78, 5) is 7.25. The molecule has 0 saturated carbocycles. The molecule has 0 radical (unpaired) electrons. The SMILES string of the molecule is Cc1ccc(N=C(Cc2ccccc2)N2CCOCC2)cc1. The number of aryl methyl sites for hydroxylation is 1. The predicted molar refractivity (Wildman–Crippen MR) is 90.8 cm³/mol. The molecule has 22 heavy (non-hydrogen) atoms. The Kier molecular flexibility index (Phi) is 4.86. The smallest absolute Gasteiger partial charge is 0.109 e. The lowest BCUT2D eigenvalue weighted by Gasteiger charge is -2.30. The first kappa shape index (κ1) is 14.8. The number of hydrogen-bond acceptors (Lipinski definition) is 2. The molecule has 2 aromatic rings. The van der Waals surface area contributed by atoms with Crippen molar-refractivity contribution in [2.45, 2.75) is 13.3 Å². The van der Waals surface area contributed by atoms with Gasteiger partial charge in [-0.3, -0.25) is 0 Å². The summed E-state index contributed by atoms with van der Waals surface area (Å²) in [7, 11) is 0. The van der Waals surface area contributed by atoms with E-state index in [2.05, 4.69) is 66.4 Å². The normalized spacial score (nSPS) is 15.9. The first-order valence-corrected chi connectivity index (χ1v) is 7.82. The number of benzene rings is 2.